The molecule has 0 spiro atoms. The molecule has 4 nitrogen and oxygen atoms in total. The van der Waals surface area contributed by atoms with Gasteiger partial charge in [-0.3, -0.25) is 9.59 Å². The molecule has 0 heterocycles. The zero-order valence-electron chi connectivity index (χ0n) is 20.0. The van der Waals surface area contributed by atoms with Crippen molar-refractivity contribution < 1.29 is 19.1 Å². The van der Waals surface area contributed by atoms with Crippen molar-refractivity contribution >= 4 is 11.9 Å². The van der Waals surface area contributed by atoms with Crippen molar-refractivity contribution in [2.45, 2.75) is 125 Å². The lowest BCUT2D eigenvalue weighted by molar-refractivity contribution is -0.146. The third kappa shape index (κ3) is 21.5. The standard InChI is InChI=1S/C25H48O4/c1-6-7-8-9-10-11-12-15-19-28-23(26)16-13-14-17-24(27)29-20-18-22(2)21-25(3,4)5/h22H,6-21H2,1-5H3. The summed E-state index contributed by atoms with van der Waals surface area (Å²) in [5.41, 5.74) is 0.312. The Hall–Kier alpha value is -1.06. The van der Waals surface area contributed by atoms with Gasteiger partial charge >= 0.3 is 11.9 Å². The highest BCUT2D eigenvalue weighted by molar-refractivity contribution is 5.70. The van der Waals surface area contributed by atoms with Gasteiger partial charge in [-0.25, -0.2) is 0 Å². The number of carbonyl (C=O) groups excluding carboxylic acids is 2. The maximum atomic E-state index is 11.8. The van der Waals surface area contributed by atoms with Crippen molar-refractivity contribution in [3.63, 3.8) is 0 Å². The maximum absolute atomic E-state index is 11.8. The molecule has 0 saturated heterocycles. The van der Waals surface area contributed by atoms with E-state index in [2.05, 4.69) is 34.6 Å². The number of carbonyl (C=O) groups is 2. The van der Waals surface area contributed by atoms with Crippen molar-refractivity contribution in [2.75, 3.05) is 13.2 Å². The molecule has 0 aliphatic carbocycles. The van der Waals surface area contributed by atoms with E-state index in [1.54, 1.807) is 0 Å². The van der Waals surface area contributed by atoms with Crippen LogP contribution in [0.25, 0.3) is 0 Å². The Morgan fingerprint density at radius 3 is 1.72 bits per heavy atom. The summed E-state index contributed by atoms with van der Waals surface area (Å²) in [6, 6.07) is 0. The van der Waals surface area contributed by atoms with E-state index in [0.717, 1.165) is 25.7 Å². The molecule has 0 aliphatic rings. The van der Waals surface area contributed by atoms with E-state index >= 15 is 0 Å². The Balaban J connectivity index is 3.46. The smallest absolute Gasteiger partial charge is 0.305 e. The Morgan fingerprint density at radius 2 is 1.21 bits per heavy atom. The second kappa shape index (κ2) is 17.8. The summed E-state index contributed by atoms with van der Waals surface area (Å²) in [7, 11) is 0. The minimum absolute atomic E-state index is 0.141. The lowest BCUT2D eigenvalue weighted by atomic mass is 9.84. The first-order valence-corrected chi connectivity index (χ1v) is 12.1. The number of hydrogen-bond acceptors (Lipinski definition) is 4. The second-order valence-electron chi connectivity index (χ2n) is 9.78. The van der Waals surface area contributed by atoms with E-state index in [-0.39, 0.29) is 11.9 Å². The zero-order chi connectivity index (χ0) is 22.0. The Labute approximate surface area is 180 Å². The van der Waals surface area contributed by atoms with Gasteiger partial charge in [-0.15, -0.1) is 0 Å². The molecule has 0 aromatic heterocycles. The Morgan fingerprint density at radius 1 is 0.724 bits per heavy atom. The first-order valence-electron chi connectivity index (χ1n) is 12.1. The highest BCUT2D eigenvalue weighted by atomic mass is 16.5. The van der Waals surface area contributed by atoms with Gasteiger partial charge in [0.05, 0.1) is 13.2 Å². The first-order chi connectivity index (χ1) is 13.7. The van der Waals surface area contributed by atoms with Gasteiger partial charge in [0.2, 0.25) is 0 Å². The van der Waals surface area contributed by atoms with E-state index in [1.807, 2.05) is 0 Å². The van der Waals surface area contributed by atoms with Crippen LogP contribution in [0.15, 0.2) is 0 Å². The van der Waals surface area contributed by atoms with Crippen molar-refractivity contribution in [3.8, 4) is 0 Å². The van der Waals surface area contributed by atoms with Gasteiger partial charge in [0.1, 0.15) is 0 Å². The van der Waals surface area contributed by atoms with E-state index in [4.69, 9.17) is 9.47 Å². The molecule has 0 amide bonds. The summed E-state index contributed by atoms with van der Waals surface area (Å²) >= 11 is 0. The molecule has 0 aliphatic heterocycles. The number of ether oxygens (including phenoxy) is 2. The normalized spacial score (nSPS) is 12.6. The number of rotatable bonds is 18. The van der Waals surface area contributed by atoms with Crippen LogP contribution in [0.1, 0.15) is 125 Å². The van der Waals surface area contributed by atoms with E-state index in [9.17, 15) is 9.59 Å². The molecule has 0 aromatic rings. The molecule has 29 heavy (non-hydrogen) atoms. The third-order valence-corrected chi connectivity index (χ3v) is 5.11. The lowest BCUT2D eigenvalue weighted by Gasteiger charge is -2.22. The minimum Gasteiger partial charge on any atom is -0.466 e. The van der Waals surface area contributed by atoms with Gasteiger partial charge in [-0.2, -0.15) is 0 Å². The van der Waals surface area contributed by atoms with Gasteiger partial charge in [-0.05, 0) is 43.4 Å². The summed E-state index contributed by atoms with van der Waals surface area (Å²) < 4.78 is 10.6. The molecule has 0 radical (unpaired) electrons. The highest BCUT2D eigenvalue weighted by Gasteiger charge is 2.15. The van der Waals surface area contributed by atoms with E-state index < -0.39 is 0 Å². The van der Waals surface area contributed by atoms with Crippen molar-refractivity contribution in [2.24, 2.45) is 11.3 Å². The first kappa shape index (κ1) is 27.9. The predicted molar refractivity (Wildman–Crippen MR) is 121 cm³/mol. The quantitative estimate of drug-likeness (QED) is 0.176. The monoisotopic (exact) mass is 412 g/mol. The van der Waals surface area contributed by atoms with Crippen LogP contribution in [0, 0.1) is 11.3 Å². The van der Waals surface area contributed by atoms with E-state index in [0.29, 0.717) is 50.2 Å². The number of esters is 2. The van der Waals surface area contributed by atoms with Crippen LogP contribution in [-0.2, 0) is 19.1 Å². The van der Waals surface area contributed by atoms with E-state index in [1.165, 1.54) is 38.5 Å². The molecule has 0 N–H and O–H groups in total. The summed E-state index contributed by atoms with van der Waals surface area (Å²) in [6.07, 6.45) is 14.1. The SMILES string of the molecule is CCCCCCCCCCOC(=O)CCCCC(=O)OCCC(C)CC(C)(C)C. The molecule has 0 aromatic carbocycles. The van der Waals surface area contributed by atoms with Crippen molar-refractivity contribution in [1.82, 2.24) is 0 Å². The van der Waals surface area contributed by atoms with Crippen LogP contribution in [0.5, 0.6) is 0 Å². The van der Waals surface area contributed by atoms with Crippen molar-refractivity contribution in [1.29, 1.82) is 0 Å². The summed E-state index contributed by atoms with van der Waals surface area (Å²) in [4.78, 5) is 23.5. The molecule has 1 unspecified atom stereocenters. The van der Waals surface area contributed by atoms with Gasteiger partial charge in [0.25, 0.3) is 0 Å². The minimum atomic E-state index is -0.153. The maximum Gasteiger partial charge on any atom is 0.305 e. The average molecular weight is 413 g/mol. The van der Waals surface area contributed by atoms with Gasteiger partial charge < -0.3 is 9.47 Å². The van der Waals surface area contributed by atoms with Crippen LogP contribution in [0.4, 0.5) is 0 Å². The lowest BCUT2D eigenvalue weighted by Crippen LogP contribution is -2.14. The Bertz CT molecular complexity index is 412. The summed E-state index contributed by atoms with van der Waals surface area (Å²) in [5.74, 6) is 0.260. The molecule has 1 atom stereocenters. The fraction of sp³-hybridized carbons (Fsp3) is 0.920. The Kier molecular flexibility index (Phi) is 17.1. The topological polar surface area (TPSA) is 52.6 Å². The molecule has 172 valence electrons. The van der Waals surface area contributed by atoms with Gasteiger partial charge in [0.15, 0.2) is 0 Å². The number of unbranched alkanes of at least 4 members (excludes halogenated alkanes) is 8. The zero-order valence-corrected chi connectivity index (χ0v) is 20.0. The summed E-state index contributed by atoms with van der Waals surface area (Å²) in [6.45, 7) is 12.2. The van der Waals surface area contributed by atoms with Crippen LogP contribution in [0.3, 0.4) is 0 Å². The van der Waals surface area contributed by atoms with Crippen LogP contribution < -0.4 is 0 Å². The fourth-order valence-electron chi connectivity index (χ4n) is 3.63. The predicted octanol–water partition coefficient (Wildman–Crippen LogP) is 7.24. The fourth-order valence-corrected chi connectivity index (χ4v) is 3.63. The van der Waals surface area contributed by atoms with Crippen LogP contribution in [0.2, 0.25) is 0 Å². The molecule has 0 rings (SSSR count). The largest absolute Gasteiger partial charge is 0.466 e. The molecule has 0 fully saturated rings. The molecule has 4 heteroatoms. The third-order valence-electron chi connectivity index (χ3n) is 5.11. The summed E-state index contributed by atoms with van der Waals surface area (Å²) in [5, 5.41) is 0. The number of hydrogen-bond donors (Lipinski definition) is 0. The molecular formula is C25H48O4. The average Bonchev–Trinajstić information content (AvgIpc) is 2.62. The van der Waals surface area contributed by atoms with Gasteiger partial charge in [-0.1, -0.05) is 79.6 Å². The molecular weight excluding hydrogens is 364 g/mol. The highest BCUT2D eigenvalue weighted by Crippen LogP contribution is 2.25. The molecule has 0 bridgehead atoms. The van der Waals surface area contributed by atoms with Gasteiger partial charge in [0, 0.05) is 12.8 Å². The van der Waals surface area contributed by atoms with Crippen LogP contribution >= 0.6 is 0 Å². The second-order valence-corrected chi connectivity index (χ2v) is 9.78. The van der Waals surface area contributed by atoms with Crippen LogP contribution in [-0.4, -0.2) is 25.2 Å². The molecule has 0 saturated carbocycles. The van der Waals surface area contributed by atoms with Crippen molar-refractivity contribution in [3.05, 3.63) is 0 Å².